The lowest BCUT2D eigenvalue weighted by atomic mass is 10.1. The molecule has 0 fully saturated rings. The fourth-order valence-corrected chi connectivity index (χ4v) is 2.67. The summed E-state index contributed by atoms with van der Waals surface area (Å²) in [5.74, 6) is 0.703. The predicted molar refractivity (Wildman–Crippen MR) is 102 cm³/mol. The van der Waals surface area contributed by atoms with Gasteiger partial charge in [0.2, 0.25) is 5.91 Å². The molecule has 0 unspecified atom stereocenters. The van der Waals surface area contributed by atoms with Crippen molar-refractivity contribution in [2.45, 2.75) is 12.8 Å². The van der Waals surface area contributed by atoms with E-state index >= 15 is 0 Å². The first kappa shape index (κ1) is 18.1. The van der Waals surface area contributed by atoms with Crippen LogP contribution < -0.4 is 5.32 Å². The Morgan fingerprint density at radius 2 is 1.88 bits per heavy atom. The van der Waals surface area contributed by atoms with Gasteiger partial charge < -0.3 is 19.8 Å². The molecule has 6 heteroatoms. The van der Waals surface area contributed by atoms with Crippen molar-refractivity contribution in [3.63, 3.8) is 0 Å². The maximum Gasteiger partial charge on any atom is 0.224 e. The number of para-hydroxylation sites is 3. The fraction of sp³-hybridized carbons (Fsp3) is 0.300. The highest BCUT2D eigenvalue weighted by Gasteiger charge is 2.11. The van der Waals surface area contributed by atoms with Crippen LogP contribution in [0, 0.1) is 0 Å². The van der Waals surface area contributed by atoms with Gasteiger partial charge in [-0.15, -0.1) is 0 Å². The Hall–Kier alpha value is -2.70. The van der Waals surface area contributed by atoms with Crippen LogP contribution in [-0.2, 0) is 14.3 Å². The molecule has 136 valence electrons. The van der Waals surface area contributed by atoms with E-state index in [0.29, 0.717) is 32.7 Å². The number of methoxy groups -OCH3 is 1. The van der Waals surface area contributed by atoms with E-state index in [9.17, 15) is 4.79 Å². The minimum Gasteiger partial charge on any atom is -0.382 e. The summed E-state index contributed by atoms with van der Waals surface area (Å²) in [7, 11) is 1.64. The summed E-state index contributed by atoms with van der Waals surface area (Å²) in [6.07, 6.45) is 1.07. The average molecular weight is 353 g/mol. The van der Waals surface area contributed by atoms with Crippen molar-refractivity contribution in [3.8, 4) is 11.4 Å². The van der Waals surface area contributed by atoms with E-state index in [1.807, 2.05) is 48.5 Å². The van der Waals surface area contributed by atoms with Crippen molar-refractivity contribution in [2.75, 3.05) is 32.2 Å². The number of aromatic nitrogens is 2. The monoisotopic (exact) mass is 353 g/mol. The third kappa shape index (κ3) is 4.68. The molecule has 0 radical (unpaired) electrons. The molecule has 0 saturated heterocycles. The van der Waals surface area contributed by atoms with Gasteiger partial charge in [0.25, 0.3) is 0 Å². The second-order valence-corrected chi connectivity index (χ2v) is 5.91. The van der Waals surface area contributed by atoms with Crippen LogP contribution >= 0.6 is 0 Å². The first-order valence-corrected chi connectivity index (χ1v) is 8.68. The second kappa shape index (κ2) is 9.12. The molecule has 3 aromatic rings. The molecule has 3 rings (SSSR count). The van der Waals surface area contributed by atoms with Gasteiger partial charge in [0.05, 0.1) is 29.9 Å². The zero-order valence-electron chi connectivity index (χ0n) is 14.8. The number of hydrogen-bond acceptors (Lipinski definition) is 4. The molecule has 2 aromatic carbocycles. The number of aromatic amines is 1. The zero-order chi connectivity index (χ0) is 18.2. The number of rotatable bonds is 9. The minimum absolute atomic E-state index is 0.0381. The number of benzene rings is 2. The second-order valence-electron chi connectivity index (χ2n) is 5.91. The van der Waals surface area contributed by atoms with Crippen LogP contribution in [0.1, 0.15) is 12.8 Å². The van der Waals surface area contributed by atoms with Crippen LogP contribution in [-0.4, -0.2) is 42.8 Å². The third-order valence-corrected chi connectivity index (χ3v) is 3.97. The lowest BCUT2D eigenvalue weighted by Crippen LogP contribution is -2.13. The SMILES string of the molecule is COCCOCCCC(=O)Nc1ccccc1-c1nc2ccccc2[nH]1. The molecule has 1 aromatic heterocycles. The van der Waals surface area contributed by atoms with Gasteiger partial charge in [0.15, 0.2) is 0 Å². The van der Waals surface area contributed by atoms with Gasteiger partial charge in [-0.25, -0.2) is 4.98 Å². The summed E-state index contributed by atoms with van der Waals surface area (Å²) in [6.45, 7) is 1.66. The van der Waals surface area contributed by atoms with E-state index in [1.54, 1.807) is 7.11 Å². The van der Waals surface area contributed by atoms with Crippen LogP contribution in [0.4, 0.5) is 5.69 Å². The smallest absolute Gasteiger partial charge is 0.224 e. The Kier molecular flexibility index (Phi) is 6.35. The summed E-state index contributed by atoms with van der Waals surface area (Å²) < 4.78 is 10.3. The molecule has 1 heterocycles. The van der Waals surface area contributed by atoms with Crippen LogP contribution in [0.15, 0.2) is 48.5 Å². The molecule has 1 amide bonds. The summed E-state index contributed by atoms with van der Waals surface area (Å²) in [4.78, 5) is 20.2. The van der Waals surface area contributed by atoms with Crippen LogP contribution in [0.2, 0.25) is 0 Å². The average Bonchev–Trinajstić information content (AvgIpc) is 3.09. The van der Waals surface area contributed by atoms with Gasteiger partial charge in [-0.3, -0.25) is 4.79 Å². The van der Waals surface area contributed by atoms with Crippen LogP contribution in [0.5, 0.6) is 0 Å². The van der Waals surface area contributed by atoms with Crippen LogP contribution in [0.3, 0.4) is 0 Å². The first-order chi connectivity index (χ1) is 12.8. The fourth-order valence-electron chi connectivity index (χ4n) is 2.67. The van der Waals surface area contributed by atoms with E-state index in [4.69, 9.17) is 9.47 Å². The highest BCUT2D eigenvalue weighted by atomic mass is 16.5. The number of hydrogen-bond donors (Lipinski definition) is 2. The largest absolute Gasteiger partial charge is 0.382 e. The highest BCUT2D eigenvalue weighted by molar-refractivity contribution is 5.95. The normalized spacial score (nSPS) is 11.0. The Morgan fingerprint density at radius 1 is 1.08 bits per heavy atom. The highest BCUT2D eigenvalue weighted by Crippen LogP contribution is 2.27. The molecule has 26 heavy (non-hydrogen) atoms. The zero-order valence-corrected chi connectivity index (χ0v) is 14.8. The van der Waals surface area contributed by atoms with E-state index in [0.717, 1.165) is 28.1 Å². The summed E-state index contributed by atoms with van der Waals surface area (Å²) in [5, 5.41) is 2.98. The maximum absolute atomic E-state index is 12.2. The quantitative estimate of drug-likeness (QED) is 0.576. The van der Waals surface area contributed by atoms with E-state index in [2.05, 4.69) is 15.3 Å². The molecule has 0 saturated carbocycles. The lowest BCUT2D eigenvalue weighted by molar-refractivity contribution is -0.116. The number of anilines is 1. The summed E-state index contributed by atoms with van der Waals surface area (Å²) in [6, 6.07) is 15.5. The van der Waals surface area contributed by atoms with E-state index in [1.165, 1.54) is 0 Å². The van der Waals surface area contributed by atoms with Crippen molar-refractivity contribution in [1.29, 1.82) is 0 Å². The number of nitrogens with one attached hydrogen (secondary N) is 2. The van der Waals surface area contributed by atoms with E-state index in [-0.39, 0.29) is 5.91 Å². The number of carbonyl (C=O) groups is 1. The molecular formula is C20H23N3O3. The van der Waals surface area contributed by atoms with Crippen molar-refractivity contribution in [2.24, 2.45) is 0 Å². The molecule has 0 bridgehead atoms. The van der Waals surface area contributed by atoms with Crippen LogP contribution in [0.25, 0.3) is 22.4 Å². The number of nitrogens with zero attached hydrogens (tertiary/aromatic N) is 1. The molecule has 0 spiro atoms. The van der Waals surface area contributed by atoms with Gasteiger partial charge in [-0.2, -0.15) is 0 Å². The number of carbonyl (C=O) groups excluding carboxylic acids is 1. The molecule has 0 aliphatic heterocycles. The molecule has 0 aliphatic rings. The standard InChI is InChI=1S/C20H23N3O3/c1-25-13-14-26-12-6-11-19(24)21-16-8-3-2-7-15(16)20-22-17-9-4-5-10-18(17)23-20/h2-5,7-10H,6,11-14H2,1H3,(H,21,24)(H,22,23). The van der Waals surface area contributed by atoms with Crippen molar-refractivity contribution < 1.29 is 14.3 Å². The van der Waals surface area contributed by atoms with Crippen molar-refractivity contribution in [3.05, 3.63) is 48.5 Å². The molecular weight excluding hydrogens is 330 g/mol. The number of amides is 1. The Bertz CT molecular complexity index is 827. The van der Waals surface area contributed by atoms with Gasteiger partial charge in [0.1, 0.15) is 5.82 Å². The van der Waals surface area contributed by atoms with Gasteiger partial charge in [-0.05, 0) is 30.7 Å². The van der Waals surface area contributed by atoms with Crippen molar-refractivity contribution in [1.82, 2.24) is 9.97 Å². The molecule has 2 N–H and O–H groups in total. The molecule has 0 aliphatic carbocycles. The van der Waals surface area contributed by atoms with Crippen molar-refractivity contribution >= 4 is 22.6 Å². The minimum atomic E-state index is -0.0381. The number of ether oxygens (including phenoxy) is 2. The summed E-state index contributed by atoms with van der Waals surface area (Å²) >= 11 is 0. The van der Waals surface area contributed by atoms with Gasteiger partial charge in [-0.1, -0.05) is 24.3 Å². The van der Waals surface area contributed by atoms with Gasteiger partial charge in [0, 0.05) is 25.7 Å². The third-order valence-electron chi connectivity index (χ3n) is 3.97. The number of fused-ring (bicyclic) bond motifs is 1. The molecule has 6 nitrogen and oxygen atoms in total. The predicted octanol–water partition coefficient (Wildman–Crippen LogP) is 3.61. The van der Waals surface area contributed by atoms with E-state index < -0.39 is 0 Å². The first-order valence-electron chi connectivity index (χ1n) is 8.68. The topological polar surface area (TPSA) is 76.2 Å². The number of imidazole rings is 1. The summed E-state index contributed by atoms with van der Waals surface area (Å²) in [5.41, 5.74) is 3.49. The lowest BCUT2D eigenvalue weighted by Gasteiger charge is -2.09. The Morgan fingerprint density at radius 3 is 2.73 bits per heavy atom. The number of H-pyrrole nitrogens is 1. The maximum atomic E-state index is 12.2. The Labute approximate surface area is 152 Å². The van der Waals surface area contributed by atoms with Gasteiger partial charge >= 0.3 is 0 Å². The molecule has 0 atom stereocenters. The Balaban J connectivity index is 1.63.